The number of rotatable bonds is 28. The molecule has 0 radical (unpaired) electrons. The smallest absolute Gasteiger partial charge is 0.0915 e. The van der Waals surface area contributed by atoms with Gasteiger partial charge in [-0.25, -0.2) is 0 Å². The summed E-state index contributed by atoms with van der Waals surface area (Å²) in [5, 5.41) is 0. The summed E-state index contributed by atoms with van der Waals surface area (Å²) < 4.78 is 1.17. The summed E-state index contributed by atoms with van der Waals surface area (Å²) in [6, 6.07) is 0. The molecule has 0 atom stereocenters. The highest BCUT2D eigenvalue weighted by atomic mass is 15.3. The molecule has 0 rings (SSSR count). The SMILES string of the molecule is CCC=C[N+](C)(CCCCCCCCCCCCCC)CCCCCCCCCCCCCC. The van der Waals surface area contributed by atoms with Gasteiger partial charge in [0.15, 0.2) is 0 Å². The molecule has 0 spiro atoms. The third-order valence-corrected chi connectivity index (χ3v) is 7.75. The van der Waals surface area contributed by atoms with Crippen LogP contribution in [0.4, 0.5) is 0 Å². The van der Waals surface area contributed by atoms with Crippen molar-refractivity contribution in [1.82, 2.24) is 0 Å². The lowest BCUT2D eigenvalue weighted by atomic mass is 10.0. The van der Waals surface area contributed by atoms with Gasteiger partial charge in [0.25, 0.3) is 0 Å². The predicted octanol–water partition coefficient (Wildman–Crippen LogP) is 11.8. The Morgan fingerprint density at radius 3 is 0.912 bits per heavy atom. The summed E-state index contributed by atoms with van der Waals surface area (Å²) >= 11 is 0. The van der Waals surface area contributed by atoms with Crippen molar-refractivity contribution >= 4 is 0 Å². The fraction of sp³-hybridized carbons (Fsp3) is 0.939. The van der Waals surface area contributed by atoms with E-state index in [1.165, 1.54) is 178 Å². The Morgan fingerprint density at radius 1 is 0.382 bits per heavy atom. The fourth-order valence-corrected chi connectivity index (χ4v) is 5.25. The minimum atomic E-state index is 1.17. The Bertz CT molecular complexity index is 371. The van der Waals surface area contributed by atoms with Gasteiger partial charge < -0.3 is 0 Å². The number of allylic oxidation sites excluding steroid dienone is 1. The summed E-state index contributed by atoms with van der Waals surface area (Å²) in [6.07, 6.45) is 40.8. The van der Waals surface area contributed by atoms with Gasteiger partial charge in [0, 0.05) is 0 Å². The van der Waals surface area contributed by atoms with Crippen LogP contribution in [0.25, 0.3) is 0 Å². The van der Waals surface area contributed by atoms with E-state index in [4.69, 9.17) is 0 Å². The third-order valence-electron chi connectivity index (χ3n) is 7.75. The molecule has 34 heavy (non-hydrogen) atoms. The molecule has 0 aliphatic heterocycles. The number of unbranched alkanes of at least 4 members (excludes halogenated alkanes) is 22. The van der Waals surface area contributed by atoms with Gasteiger partial charge in [-0.3, -0.25) is 4.48 Å². The number of nitrogens with zero attached hydrogens (tertiary/aromatic N) is 1. The number of hydrogen-bond donors (Lipinski definition) is 0. The summed E-state index contributed by atoms with van der Waals surface area (Å²) in [6.45, 7) is 9.56. The summed E-state index contributed by atoms with van der Waals surface area (Å²) in [4.78, 5) is 0. The van der Waals surface area contributed by atoms with E-state index in [1.54, 1.807) is 0 Å². The van der Waals surface area contributed by atoms with E-state index in [-0.39, 0.29) is 0 Å². The van der Waals surface area contributed by atoms with Crippen LogP contribution in [0, 0.1) is 0 Å². The molecule has 0 heterocycles. The topological polar surface area (TPSA) is 0 Å². The van der Waals surface area contributed by atoms with Gasteiger partial charge in [0.2, 0.25) is 0 Å². The van der Waals surface area contributed by atoms with E-state index in [9.17, 15) is 0 Å². The molecule has 1 heteroatoms. The van der Waals surface area contributed by atoms with Crippen LogP contribution >= 0.6 is 0 Å². The minimum absolute atomic E-state index is 1.17. The van der Waals surface area contributed by atoms with Crippen LogP contribution in [0.5, 0.6) is 0 Å². The van der Waals surface area contributed by atoms with Crippen LogP contribution < -0.4 is 0 Å². The first-order valence-electron chi connectivity index (χ1n) is 16.2. The third kappa shape index (κ3) is 24.8. The zero-order valence-corrected chi connectivity index (χ0v) is 24.7. The molecular formula is C33H68N+. The normalized spacial score (nSPS) is 12.2. The maximum atomic E-state index is 2.51. The van der Waals surface area contributed by atoms with Crippen molar-refractivity contribution in [2.75, 3.05) is 20.1 Å². The molecule has 1 nitrogen and oxygen atoms in total. The predicted molar refractivity (Wildman–Crippen MR) is 158 cm³/mol. The van der Waals surface area contributed by atoms with Gasteiger partial charge in [0.05, 0.1) is 26.3 Å². The Balaban J connectivity index is 3.70. The first kappa shape index (κ1) is 33.7. The van der Waals surface area contributed by atoms with Gasteiger partial charge in [-0.2, -0.15) is 0 Å². The van der Waals surface area contributed by atoms with Crippen LogP contribution in [-0.4, -0.2) is 24.6 Å². The first-order valence-corrected chi connectivity index (χ1v) is 16.2. The van der Waals surface area contributed by atoms with Crippen molar-refractivity contribution < 1.29 is 4.48 Å². The van der Waals surface area contributed by atoms with Crippen LogP contribution in [0.2, 0.25) is 0 Å². The Morgan fingerprint density at radius 2 is 0.647 bits per heavy atom. The lowest BCUT2D eigenvalue weighted by Crippen LogP contribution is -2.40. The van der Waals surface area contributed by atoms with E-state index in [2.05, 4.69) is 40.1 Å². The average Bonchev–Trinajstić information content (AvgIpc) is 2.84. The summed E-state index contributed by atoms with van der Waals surface area (Å²) in [7, 11) is 2.48. The van der Waals surface area contributed by atoms with Crippen molar-refractivity contribution in [2.24, 2.45) is 0 Å². The standard InChI is InChI=1S/C33H68N/c1-5-8-11-13-15-17-19-21-23-25-27-29-32-34(4,31-10-7-3)33-30-28-26-24-22-20-18-16-14-12-9-6-2/h10,31H,5-9,11-30,32-33H2,1-4H3/q+1. The lowest BCUT2D eigenvalue weighted by Gasteiger charge is -2.30. The lowest BCUT2D eigenvalue weighted by molar-refractivity contribution is -0.860. The monoisotopic (exact) mass is 479 g/mol. The molecule has 0 unspecified atom stereocenters. The van der Waals surface area contributed by atoms with Crippen molar-refractivity contribution in [3.05, 3.63) is 12.3 Å². The van der Waals surface area contributed by atoms with Gasteiger partial charge in [-0.05, 0) is 38.2 Å². The van der Waals surface area contributed by atoms with Crippen molar-refractivity contribution in [2.45, 2.75) is 181 Å². The van der Waals surface area contributed by atoms with E-state index in [1.807, 2.05) is 0 Å². The van der Waals surface area contributed by atoms with Gasteiger partial charge >= 0.3 is 0 Å². The highest BCUT2D eigenvalue weighted by Crippen LogP contribution is 2.16. The molecule has 0 aromatic rings. The molecule has 0 aromatic carbocycles. The highest BCUT2D eigenvalue weighted by Gasteiger charge is 2.17. The first-order chi connectivity index (χ1) is 16.7. The van der Waals surface area contributed by atoms with Crippen LogP contribution in [0.3, 0.4) is 0 Å². The Hall–Kier alpha value is -0.300. The molecule has 0 amide bonds. The maximum Gasteiger partial charge on any atom is 0.0915 e. The Labute approximate surface area is 218 Å². The van der Waals surface area contributed by atoms with E-state index in [0.717, 1.165) is 0 Å². The second-order valence-corrected chi connectivity index (χ2v) is 11.5. The van der Waals surface area contributed by atoms with Gasteiger partial charge in [-0.15, -0.1) is 0 Å². The zero-order chi connectivity index (χ0) is 25.0. The maximum absolute atomic E-state index is 2.51. The van der Waals surface area contributed by atoms with Crippen molar-refractivity contribution in [3.63, 3.8) is 0 Å². The quantitative estimate of drug-likeness (QED) is 0.0774. The van der Waals surface area contributed by atoms with Gasteiger partial charge in [-0.1, -0.05) is 149 Å². The molecule has 0 aliphatic rings. The largest absolute Gasteiger partial charge is 0.300 e. The van der Waals surface area contributed by atoms with Crippen molar-refractivity contribution in [3.8, 4) is 0 Å². The molecule has 0 bridgehead atoms. The van der Waals surface area contributed by atoms with Crippen molar-refractivity contribution in [1.29, 1.82) is 0 Å². The fourth-order valence-electron chi connectivity index (χ4n) is 5.25. The van der Waals surface area contributed by atoms with Crippen LogP contribution in [-0.2, 0) is 0 Å². The number of hydrogen-bond acceptors (Lipinski definition) is 0. The molecule has 204 valence electrons. The molecule has 0 saturated carbocycles. The Kier molecular flexibility index (Phi) is 27.0. The van der Waals surface area contributed by atoms with E-state index < -0.39 is 0 Å². The molecule has 0 saturated heterocycles. The number of quaternary nitrogens is 1. The summed E-state index contributed by atoms with van der Waals surface area (Å²) in [5.74, 6) is 0. The highest BCUT2D eigenvalue weighted by molar-refractivity contribution is 4.72. The second kappa shape index (κ2) is 27.3. The van der Waals surface area contributed by atoms with E-state index >= 15 is 0 Å². The minimum Gasteiger partial charge on any atom is -0.300 e. The van der Waals surface area contributed by atoms with Crippen LogP contribution in [0.15, 0.2) is 12.3 Å². The van der Waals surface area contributed by atoms with E-state index in [0.29, 0.717) is 0 Å². The average molecular weight is 479 g/mol. The molecule has 0 N–H and O–H groups in total. The molecule has 0 aliphatic carbocycles. The molecule has 0 fully saturated rings. The van der Waals surface area contributed by atoms with Gasteiger partial charge in [0.1, 0.15) is 0 Å². The molecular weight excluding hydrogens is 410 g/mol. The summed E-state index contributed by atoms with van der Waals surface area (Å²) in [5.41, 5.74) is 0. The zero-order valence-electron chi connectivity index (χ0n) is 24.7. The second-order valence-electron chi connectivity index (χ2n) is 11.5. The van der Waals surface area contributed by atoms with Crippen LogP contribution in [0.1, 0.15) is 181 Å². The molecule has 0 aromatic heterocycles.